The van der Waals surface area contributed by atoms with Crippen molar-refractivity contribution < 1.29 is 37.1 Å². The minimum atomic E-state index is -1.71. The van der Waals surface area contributed by atoms with Gasteiger partial charge in [-0.2, -0.15) is 0 Å². The van der Waals surface area contributed by atoms with Crippen molar-refractivity contribution in [1.82, 2.24) is 0 Å². The molecule has 2 aromatic carbocycles. The third-order valence-electron chi connectivity index (χ3n) is 3.85. The quantitative estimate of drug-likeness (QED) is 0.250. The molecule has 0 fully saturated rings. The van der Waals surface area contributed by atoms with Crippen molar-refractivity contribution in [2.75, 3.05) is 10.6 Å². The number of aliphatic carboxylic acids is 1. The molecule has 2 rings (SSSR count). The highest BCUT2D eigenvalue weighted by Crippen LogP contribution is 2.28. The van der Waals surface area contributed by atoms with E-state index in [0.717, 1.165) is 17.8 Å². The van der Waals surface area contributed by atoms with Crippen LogP contribution in [0.15, 0.2) is 46.9 Å². The number of anilines is 2. The number of carboxylic acids is 1. The van der Waals surface area contributed by atoms with E-state index in [2.05, 4.69) is 5.32 Å². The maximum Gasteiger partial charge on any atom is 0.331 e. The second-order valence-electron chi connectivity index (χ2n) is 6.24. The number of carbonyl (C=O) groups is 3. The molecule has 0 radical (unpaired) electrons. The Morgan fingerprint density at radius 1 is 1.00 bits per heavy atom. The SMILES string of the molecule is CC(=CC(=O)Nc1ccc(SC(C)C(=O)Nc2c(F)c(F)cc(F)c2F)cc1)C(=O)O. The molecule has 0 saturated carbocycles. The van der Waals surface area contributed by atoms with Crippen molar-refractivity contribution in [3.63, 3.8) is 0 Å². The van der Waals surface area contributed by atoms with Crippen molar-refractivity contribution >= 4 is 40.9 Å². The maximum atomic E-state index is 13.7. The summed E-state index contributed by atoms with van der Waals surface area (Å²) in [7, 11) is 0. The van der Waals surface area contributed by atoms with Crippen molar-refractivity contribution in [3.05, 3.63) is 65.2 Å². The van der Waals surface area contributed by atoms with E-state index in [1.807, 2.05) is 5.32 Å². The van der Waals surface area contributed by atoms with Crippen molar-refractivity contribution in [2.24, 2.45) is 0 Å². The average molecular weight is 456 g/mol. The first-order valence-electron chi connectivity index (χ1n) is 8.62. The van der Waals surface area contributed by atoms with Crippen LogP contribution >= 0.6 is 11.8 Å². The van der Waals surface area contributed by atoms with Gasteiger partial charge in [0.25, 0.3) is 0 Å². The van der Waals surface area contributed by atoms with Crippen LogP contribution in [0.25, 0.3) is 0 Å². The first kappa shape index (κ1) is 23.9. The fourth-order valence-electron chi connectivity index (χ4n) is 2.22. The van der Waals surface area contributed by atoms with Crippen LogP contribution in [-0.4, -0.2) is 28.1 Å². The monoisotopic (exact) mass is 456 g/mol. The average Bonchev–Trinajstić information content (AvgIpc) is 2.70. The van der Waals surface area contributed by atoms with Gasteiger partial charge in [0, 0.05) is 28.3 Å². The van der Waals surface area contributed by atoms with E-state index < -0.39 is 52.0 Å². The lowest BCUT2D eigenvalue weighted by Gasteiger charge is -2.14. The summed E-state index contributed by atoms with van der Waals surface area (Å²) in [5.74, 6) is -9.46. The number of halogens is 4. The van der Waals surface area contributed by atoms with Gasteiger partial charge in [0.05, 0.1) is 5.25 Å². The topological polar surface area (TPSA) is 95.5 Å². The Balaban J connectivity index is 2.02. The number of hydrogen-bond donors (Lipinski definition) is 3. The van der Waals surface area contributed by atoms with Crippen molar-refractivity contribution in [1.29, 1.82) is 0 Å². The summed E-state index contributed by atoms with van der Waals surface area (Å²) in [6.07, 6.45) is 0.922. The van der Waals surface area contributed by atoms with E-state index in [1.165, 1.54) is 26.0 Å². The van der Waals surface area contributed by atoms with Gasteiger partial charge in [-0.15, -0.1) is 11.8 Å². The Morgan fingerprint density at radius 2 is 1.55 bits per heavy atom. The van der Waals surface area contributed by atoms with Crippen LogP contribution in [0.1, 0.15) is 13.8 Å². The molecule has 0 aromatic heterocycles. The van der Waals surface area contributed by atoms with Crippen LogP contribution in [0.2, 0.25) is 0 Å². The molecule has 164 valence electrons. The van der Waals surface area contributed by atoms with Crippen LogP contribution in [0, 0.1) is 23.3 Å². The Morgan fingerprint density at radius 3 is 2.06 bits per heavy atom. The van der Waals surface area contributed by atoms with Gasteiger partial charge >= 0.3 is 5.97 Å². The number of thioether (sulfide) groups is 1. The molecule has 0 aliphatic heterocycles. The van der Waals surface area contributed by atoms with Crippen molar-refractivity contribution in [3.8, 4) is 0 Å². The minimum Gasteiger partial charge on any atom is -0.478 e. The number of amides is 2. The van der Waals surface area contributed by atoms with Crippen molar-refractivity contribution in [2.45, 2.75) is 24.0 Å². The fraction of sp³-hybridized carbons (Fsp3) is 0.150. The van der Waals surface area contributed by atoms with Crippen LogP contribution < -0.4 is 10.6 Å². The summed E-state index contributed by atoms with van der Waals surface area (Å²) in [6.45, 7) is 2.69. The molecule has 1 unspecified atom stereocenters. The van der Waals surface area contributed by atoms with Crippen LogP contribution in [0.5, 0.6) is 0 Å². The van der Waals surface area contributed by atoms with Gasteiger partial charge < -0.3 is 15.7 Å². The third-order valence-corrected chi connectivity index (χ3v) is 4.96. The van der Waals surface area contributed by atoms with E-state index in [0.29, 0.717) is 10.6 Å². The molecule has 0 heterocycles. The molecule has 0 saturated heterocycles. The molecule has 0 aliphatic rings. The molecule has 31 heavy (non-hydrogen) atoms. The van der Waals surface area contributed by atoms with Gasteiger partial charge in [0.1, 0.15) is 5.69 Å². The fourth-order valence-corrected chi connectivity index (χ4v) is 3.09. The molecular weight excluding hydrogens is 440 g/mol. The molecular formula is C20H16F4N2O4S. The first-order valence-corrected chi connectivity index (χ1v) is 9.50. The van der Waals surface area contributed by atoms with Crippen LogP contribution in [-0.2, 0) is 14.4 Å². The van der Waals surface area contributed by atoms with Gasteiger partial charge in [-0.3, -0.25) is 9.59 Å². The Labute approximate surface area is 178 Å². The van der Waals surface area contributed by atoms with Gasteiger partial charge in [0.2, 0.25) is 11.8 Å². The lowest BCUT2D eigenvalue weighted by Crippen LogP contribution is -2.24. The van der Waals surface area contributed by atoms with E-state index in [4.69, 9.17) is 5.11 Å². The second kappa shape index (κ2) is 10.1. The molecule has 1 atom stereocenters. The normalized spacial score (nSPS) is 12.3. The molecule has 0 bridgehead atoms. The Bertz CT molecular complexity index is 1030. The number of rotatable bonds is 7. The summed E-state index contributed by atoms with van der Waals surface area (Å²) >= 11 is 0.986. The smallest absolute Gasteiger partial charge is 0.331 e. The van der Waals surface area contributed by atoms with E-state index in [9.17, 15) is 31.9 Å². The highest BCUT2D eigenvalue weighted by Gasteiger charge is 2.23. The number of hydrogen-bond acceptors (Lipinski definition) is 4. The number of carboxylic acid groups (broad SMARTS) is 1. The molecule has 0 spiro atoms. The summed E-state index contributed by atoms with van der Waals surface area (Å²) in [4.78, 5) is 35.2. The molecule has 6 nitrogen and oxygen atoms in total. The number of carbonyl (C=O) groups excluding carboxylic acids is 2. The van der Waals surface area contributed by atoms with E-state index >= 15 is 0 Å². The van der Waals surface area contributed by atoms with Crippen LogP contribution in [0.3, 0.4) is 0 Å². The summed E-state index contributed by atoms with van der Waals surface area (Å²) in [5.41, 5.74) is -0.992. The zero-order chi connectivity index (χ0) is 23.3. The molecule has 2 amide bonds. The predicted molar refractivity (Wildman–Crippen MR) is 107 cm³/mol. The first-order chi connectivity index (χ1) is 14.5. The summed E-state index contributed by atoms with van der Waals surface area (Å²) in [6, 6.07) is 6.12. The Kier molecular flexibility index (Phi) is 7.81. The lowest BCUT2D eigenvalue weighted by atomic mass is 10.2. The summed E-state index contributed by atoms with van der Waals surface area (Å²) in [5, 5.41) is 12.2. The molecule has 11 heteroatoms. The highest BCUT2D eigenvalue weighted by molar-refractivity contribution is 8.00. The van der Waals surface area contributed by atoms with Crippen LogP contribution in [0.4, 0.5) is 28.9 Å². The summed E-state index contributed by atoms with van der Waals surface area (Å²) < 4.78 is 53.9. The molecule has 2 aromatic rings. The van der Waals surface area contributed by atoms with Gasteiger partial charge in [-0.25, -0.2) is 22.4 Å². The number of nitrogens with one attached hydrogen (secondary N) is 2. The molecule has 0 aliphatic carbocycles. The van der Waals surface area contributed by atoms with Gasteiger partial charge in [-0.1, -0.05) is 0 Å². The third kappa shape index (κ3) is 6.32. The maximum absolute atomic E-state index is 13.7. The molecule has 3 N–H and O–H groups in total. The van der Waals surface area contributed by atoms with Gasteiger partial charge in [0.15, 0.2) is 23.3 Å². The largest absolute Gasteiger partial charge is 0.478 e. The van der Waals surface area contributed by atoms with E-state index in [1.54, 1.807) is 12.1 Å². The Hall–Kier alpha value is -3.34. The predicted octanol–water partition coefficient (Wildman–Crippen LogP) is 4.33. The van der Waals surface area contributed by atoms with E-state index in [-0.39, 0.29) is 11.6 Å². The second-order valence-corrected chi connectivity index (χ2v) is 7.65. The zero-order valence-electron chi connectivity index (χ0n) is 16.1. The lowest BCUT2D eigenvalue weighted by molar-refractivity contribution is -0.132. The standard InChI is InChI=1S/C20H16F4N2O4S/c1-9(20(29)30)7-15(27)25-11-3-5-12(6-4-11)31-10(2)19(28)26-18-16(23)13(21)8-14(22)17(18)24/h3-8,10H,1-2H3,(H,25,27)(H,26,28)(H,29,30). The zero-order valence-corrected chi connectivity index (χ0v) is 17.0. The van der Waals surface area contributed by atoms with Gasteiger partial charge in [-0.05, 0) is 38.1 Å². The minimum absolute atomic E-state index is 0.0393. The highest BCUT2D eigenvalue weighted by atomic mass is 32.2. The number of benzene rings is 2.